The second-order valence-electron chi connectivity index (χ2n) is 4.86. The lowest BCUT2D eigenvalue weighted by molar-refractivity contribution is -0.117. The van der Waals surface area contributed by atoms with E-state index in [1.807, 2.05) is 13.0 Å². The molecule has 0 aromatic heterocycles. The van der Waals surface area contributed by atoms with E-state index in [9.17, 15) is 9.59 Å². The van der Waals surface area contributed by atoms with Gasteiger partial charge >= 0.3 is 6.09 Å². The Labute approximate surface area is 118 Å². The zero-order chi connectivity index (χ0) is 14.5. The minimum Gasteiger partial charge on any atom is -0.450 e. The number of aryl methyl sites for hydroxylation is 2. The van der Waals surface area contributed by atoms with Gasteiger partial charge in [0.2, 0.25) is 5.91 Å². The molecule has 1 aromatic rings. The molecule has 0 spiro atoms. The number of rotatable bonds is 3. The molecule has 1 aliphatic heterocycles. The summed E-state index contributed by atoms with van der Waals surface area (Å²) in [7, 11) is 0. The number of hydrogen-bond acceptors (Lipinski definition) is 3. The highest BCUT2D eigenvalue weighted by Gasteiger charge is 2.22. The van der Waals surface area contributed by atoms with E-state index in [1.165, 1.54) is 5.56 Å². The summed E-state index contributed by atoms with van der Waals surface area (Å²) >= 11 is 0. The predicted molar refractivity (Wildman–Crippen MR) is 76.9 cm³/mol. The van der Waals surface area contributed by atoms with Gasteiger partial charge in [0.1, 0.15) is 6.54 Å². The summed E-state index contributed by atoms with van der Waals surface area (Å²) in [6.45, 7) is 4.69. The Bertz CT molecular complexity index is 514. The van der Waals surface area contributed by atoms with E-state index < -0.39 is 6.09 Å². The Morgan fingerprint density at radius 1 is 1.40 bits per heavy atom. The topological polar surface area (TPSA) is 58.6 Å². The zero-order valence-electron chi connectivity index (χ0n) is 11.9. The highest BCUT2D eigenvalue weighted by atomic mass is 16.5. The smallest absolute Gasteiger partial charge is 0.407 e. The van der Waals surface area contributed by atoms with E-state index in [1.54, 1.807) is 11.8 Å². The maximum atomic E-state index is 12.2. The van der Waals surface area contributed by atoms with Crippen molar-refractivity contribution < 1.29 is 14.3 Å². The van der Waals surface area contributed by atoms with Crippen LogP contribution in [-0.2, 0) is 16.0 Å². The first kappa shape index (κ1) is 14.4. The van der Waals surface area contributed by atoms with E-state index >= 15 is 0 Å². The van der Waals surface area contributed by atoms with Gasteiger partial charge < -0.3 is 15.0 Å². The fourth-order valence-corrected chi connectivity index (χ4v) is 2.37. The van der Waals surface area contributed by atoms with Crippen LogP contribution in [0.25, 0.3) is 0 Å². The Kier molecular flexibility index (Phi) is 4.61. The lowest BCUT2D eigenvalue weighted by atomic mass is 10.00. The monoisotopic (exact) mass is 276 g/mol. The van der Waals surface area contributed by atoms with Crippen LogP contribution < -0.4 is 10.2 Å². The van der Waals surface area contributed by atoms with Gasteiger partial charge in [0.25, 0.3) is 0 Å². The molecule has 20 heavy (non-hydrogen) atoms. The van der Waals surface area contributed by atoms with Gasteiger partial charge in [-0.25, -0.2) is 4.79 Å². The molecular weight excluding hydrogens is 256 g/mol. The van der Waals surface area contributed by atoms with Gasteiger partial charge in [0.05, 0.1) is 6.61 Å². The summed E-state index contributed by atoms with van der Waals surface area (Å²) in [6.07, 6.45) is 1.38. The van der Waals surface area contributed by atoms with Crippen LogP contribution >= 0.6 is 0 Å². The number of carbonyl (C=O) groups is 2. The van der Waals surface area contributed by atoms with Crippen LogP contribution in [0.3, 0.4) is 0 Å². The fourth-order valence-electron chi connectivity index (χ4n) is 2.37. The molecule has 0 unspecified atom stereocenters. The van der Waals surface area contributed by atoms with Crippen LogP contribution in [0.5, 0.6) is 0 Å². The highest BCUT2D eigenvalue weighted by molar-refractivity contribution is 5.97. The fraction of sp³-hybridized carbons (Fsp3) is 0.467. The standard InChI is InChI=1S/C15H20N2O3/c1-3-20-15(19)16-10-14(18)17-8-4-5-12-7-6-11(2)9-13(12)17/h6-7,9H,3-5,8,10H2,1-2H3,(H,16,19). The number of nitrogens with zero attached hydrogens (tertiary/aromatic N) is 1. The lowest BCUT2D eigenvalue weighted by Crippen LogP contribution is -2.42. The molecule has 2 rings (SSSR count). The van der Waals surface area contributed by atoms with E-state index in [-0.39, 0.29) is 12.5 Å². The Balaban J connectivity index is 2.05. The quantitative estimate of drug-likeness (QED) is 0.919. The number of amides is 2. The number of carbonyl (C=O) groups excluding carboxylic acids is 2. The first-order chi connectivity index (χ1) is 9.61. The second kappa shape index (κ2) is 6.41. The van der Waals surface area contributed by atoms with Crippen LogP contribution in [0.15, 0.2) is 18.2 Å². The van der Waals surface area contributed by atoms with Crippen molar-refractivity contribution in [1.82, 2.24) is 5.32 Å². The van der Waals surface area contributed by atoms with Crippen molar-refractivity contribution in [3.8, 4) is 0 Å². The van der Waals surface area contributed by atoms with E-state index in [2.05, 4.69) is 17.4 Å². The molecular formula is C15H20N2O3. The Morgan fingerprint density at radius 2 is 2.20 bits per heavy atom. The van der Waals surface area contributed by atoms with Gasteiger partial charge in [0, 0.05) is 12.2 Å². The summed E-state index contributed by atoms with van der Waals surface area (Å²) in [4.78, 5) is 25.2. The minimum absolute atomic E-state index is 0.0355. The molecule has 108 valence electrons. The number of fused-ring (bicyclic) bond motifs is 1. The SMILES string of the molecule is CCOC(=O)NCC(=O)N1CCCc2ccc(C)cc21. The molecule has 2 amide bonds. The number of alkyl carbamates (subject to hydrolysis) is 1. The van der Waals surface area contributed by atoms with Crippen molar-refractivity contribution in [3.63, 3.8) is 0 Å². The van der Waals surface area contributed by atoms with Crippen LogP contribution in [0.2, 0.25) is 0 Å². The molecule has 0 atom stereocenters. The molecule has 0 fully saturated rings. The van der Waals surface area contributed by atoms with Crippen molar-refractivity contribution >= 4 is 17.7 Å². The molecule has 1 aliphatic rings. The molecule has 5 nitrogen and oxygen atoms in total. The third-order valence-electron chi connectivity index (χ3n) is 3.32. The largest absolute Gasteiger partial charge is 0.450 e. The molecule has 0 saturated carbocycles. The average Bonchev–Trinajstić information content (AvgIpc) is 2.44. The van der Waals surface area contributed by atoms with Gasteiger partial charge in [-0.15, -0.1) is 0 Å². The summed E-state index contributed by atoms with van der Waals surface area (Å²) in [5.41, 5.74) is 3.28. The minimum atomic E-state index is -0.553. The number of nitrogens with one attached hydrogen (secondary N) is 1. The van der Waals surface area contributed by atoms with Crippen LogP contribution in [0.1, 0.15) is 24.5 Å². The van der Waals surface area contributed by atoms with E-state index in [0.717, 1.165) is 24.1 Å². The molecule has 5 heteroatoms. The number of hydrogen-bond donors (Lipinski definition) is 1. The molecule has 1 aromatic carbocycles. The first-order valence-corrected chi connectivity index (χ1v) is 6.92. The van der Waals surface area contributed by atoms with Gasteiger partial charge in [-0.2, -0.15) is 0 Å². The first-order valence-electron chi connectivity index (χ1n) is 6.92. The number of benzene rings is 1. The highest BCUT2D eigenvalue weighted by Crippen LogP contribution is 2.28. The maximum Gasteiger partial charge on any atom is 0.407 e. The van der Waals surface area contributed by atoms with Crippen molar-refractivity contribution in [3.05, 3.63) is 29.3 Å². The van der Waals surface area contributed by atoms with Crippen molar-refractivity contribution in [2.45, 2.75) is 26.7 Å². The molecule has 1 N–H and O–H groups in total. The van der Waals surface area contributed by atoms with Crippen molar-refractivity contribution in [1.29, 1.82) is 0 Å². The Morgan fingerprint density at radius 3 is 2.95 bits per heavy atom. The van der Waals surface area contributed by atoms with Gasteiger partial charge in [-0.3, -0.25) is 4.79 Å². The Hall–Kier alpha value is -2.04. The average molecular weight is 276 g/mol. The third kappa shape index (κ3) is 3.29. The molecule has 1 heterocycles. The number of ether oxygens (including phenoxy) is 1. The maximum absolute atomic E-state index is 12.2. The van der Waals surface area contributed by atoms with Crippen LogP contribution in [0, 0.1) is 6.92 Å². The summed E-state index contributed by atoms with van der Waals surface area (Å²) in [6, 6.07) is 6.16. The zero-order valence-corrected chi connectivity index (χ0v) is 11.9. The molecule has 0 aliphatic carbocycles. The van der Waals surface area contributed by atoms with Gasteiger partial charge in [-0.1, -0.05) is 12.1 Å². The third-order valence-corrected chi connectivity index (χ3v) is 3.32. The van der Waals surface area contributed by atoms with E-state index in [0.29, 0.717) is 13.2 Å². The van der Waals surface area contributed by atoms with Gasteiger partial charge in [-0.05, 0) is 43.9 Å². The van der Waals surface area contributed by atoms with Crippen molar-refractivity contribution in [2.24, 2.45) is 0 Å². The lowest BCUT2D eigenvalue weighted by Gasteiger charge is -2.30. The number of anilines is 1. The van der Waals surface area contributed by atoms with Crippen LogP contribution in [0.4, 0.5) is 10.5 Å². The van der Waals surface area contributed by atoms with Gasteiger partial charge in [0.15, 0.2) is 0 Å². The van der Waals surface area contributed by atoms with Crippen LogP contribution in [-0.4, -0.2) is 31.7 Å². The summed E-state index contributed by atoms with van der Waals surface area (Å²) in [5.74, 6) is -0.107. The predicted octanol–water partition coefficient (Wildman–Crippen LogP) is 2.02. The normalized spacial score (nSPS) is 13.6. The second-order valence-corrected chi connectivity index (χ2v) is 4.86. The van der Waals surface area contributed by atoms with E-state index in [4.69, 9.17) is 4.74 Å². The molecule has 0 radical (unpaired) electrons. The van der Waals surface area contributed by atoms with Crippen molar-refractivity contribution in [2.75, 3.05) is 24.6 Å². The molecule has 0 saturated heterocycles. The summed E-state index contributed by atoms with van der Waals surface area (Å²) in [5, 5.41) is 2.47. The summed E-state index contributed by atoms with van der Waals surface area (Å²) < 4.78 is 4.75. The molecule has 0 bridgehead atoms.